The molecule has 7 heteroatoms. The molecule has 0 saturated heterocycles. The number of esters is 1. The molecular weight excluding hydrogens is 485 g/mol. The number of amides is 1. The second kappa shape index (κ2) is 13.1. The molecule has 0 heterocycles. The Bertz CT molecular complexity index is 1340. The minimum atomic E-state index is -0.912. The van der Waals surface area contributed by atoms with Crippen molar-refractivity contribution >= 4 is 11.9 Å². The number of rotatable bonds is 11. The van der Waals surface area contributed by atoms with Gasteiger partial charge in [-0.25, -0.2) is 9.18 Å². The Balaban J connectivity index is 1.31. The Kier molecular flexibility index (Phi) is 9.07. The van der Waals surface area contributed by atoms with E-state index >= 15 is 0 Å². The van der Waals surface area contributed by atoms with E-state index in [1.54, 1.807) is 36.4 Å². The van der Waals surface area contributed by atoms with E-state index in [0.717, 1.165) is 16.9 Å². The van der Waals surface area contributed by atoms with Gasteiger partial charge in [-0.3, -0.25) is 4.79 Å². The number of ether oxygens (including phenoxy) is 3. The molecule has 4 aromatic carbocycles. The number of hydrogen-bond donors (Lipinski definition) is 1. The lowest BCUT2D eigenvalue weighted by atomic mass is 10.1. The van der Waals surface area contributed by atoms with Gasteiger partial charge in [0.05, 0.1) is 7.11 Å². The van der Waals surface area contributed by atoms with Crippen LogP contribution in [0.5, 0.6) is 11.5 Å². The van der Waals surface area contributed by atoms with Crippen molar-refractivity contribution in [3.63, 3.8) is 0 Å². The molecule has 0 aliphatic rings. The van der Waals surface area contributed by atoms with Gasteiger partial charge < -0.3 is 19.5 Å². The molecule has 0 bridgehead atoms. The summed E-state index contributed by atoms with van der Waals surface area (Å²) in [6, 6.07) is 29.1. The van der Waals surface area contributed by atoms with Crippen molar-refractivity contribution in [2.24, 2.45) is 0 Å². The summed E-state index contributed by atoms with van der Waals surface area (Å²) in [4.78, 5) is 25.0. The van der Waals surface area contributed by atoms with E-state index in [1.807, 2.05) is 54.6 Å². The normalized spacial score (nSPS) is 11.3. The molecule has 0 aliphatic heterocycles. The van der Waals surface area contributed by atoms with Crippen LogP contribution < -0.4 is 14.8 Å². The molecule has 4 aromatic rings. The number of benzene rings is 4. The molecule has 38 heavy (non-hydrogen) atoms. The standard InChI is InChI=1S/C31H28FNO5/c1-36-31(35)29(19-22-10-14-26(32)15-11-22)33-30(34)25-12-16-27(17-13-25)37-21-24-8-5-9-28(18-24)38-20-23-6-3-2-4-7-23/h2-18,29H,19-21H2,1H3,(H,33,34). The molecule has 1 unspecified atom stereocenters. The largest absolute Gasteiger partial charge is 0.489 e. The van der Waals surface area contributed by atoms with Crippen LogP contribution in [0.2, 0.25) is 0 Å². The maximum absolute atomic E-state index is 13.2. The molecule has 6 nitrogen and oxygen atoms in total. The molecule has 1 N–H and O–H groups in total. The fraction of sp³-hybridized carbons (Fsp3) is 0.161. The van der Waals surface area contributed by atoms with Crippen molar-refractivity contribution in [2.75, 3.05) is 7.11 Å². The maximum atomic E-state index is 13.2. The van der Waals surface area contributed by atoms with Crippen molar-refractivity contribution in [1.29, 1.82) is 0 Å². The van der Waals surface area contributed by atoms with Gasteiger partial charge in [-0.05, 0) is 65.2 Å². The van der Waals surface area contributed by atoms with Gasteiger partial charge in [0.1, 0.15) is 36.6 Å². The molecule has 194 valence electrons. The van der Waals surface area contributed by atoms with Crippen molar-refractivity contribution in [3.8, 4) is 11.5 Å². The smallest absolute Gasteiger partial charge is 0.328 e. The van der Waals surface area contributed by atoms with Gasteiger partial charge in [-0.15, -0.1) is 0 Å². The van der Waals surface area contributed by atoms with Crippen molar-refractivity contribution < 1.29 is 28.2 Å². The molecule has 0 saturated carbocycles. The molecule has 0 aliphatic carbocycles. The highest BCUT2D eigenvalue weighted by atomic mass is 19.1. The molecule has 0 fully saturated rings. The average Bonchev–Trinajstić information content (AvgIpc) is 2.96. The second-order valence-electron chi connectivity index (χ2n) is 8.61. The van der Waals surface area contributed by atoms with E-state index in [0.29, 0.717) is 30.1 Å². The first-order valence-electron chi connectivity index (χ1n) is 12.1. The highest BCUT2D eigenvalue weighted by Gasteiger charge is 2.22. The quantitative estimate of drug-likeness (QED) is 0.268. The van der Waals surface area contributed by atoms with E-state index < -0.39 is 17.9 Å². The van der Waals surface area contributed by atoms with Crippen molar-refractivity contribution in [3.05, 3.63) is 131 Å². The third kappa shape index (κ3) is 7.67. The van der Waals surface area contributed by atoms with E-state index in [2.05, 4.69) is 5.32 Å². The van der Waals surface area contributed by atoms with Gasteiger partial charge in [0.15, 0.2) is 0 Å². The first kappa shape index (κ1) is 26.4. The summed E-state index contributed by atoms with van der Waals surface area (Å²) in [6.07, 6.45) is 0.175. The van der Waals surface area contributed by atoms with Gasteiger partial charge in [0.25, 0.3) is 5.91 Å². The van der Waals surface area contributed by atoms with Crippen molar-refractivity contribution in [2.45, 2.75) is 25.7 Å². The lowest BCUT2D eigenvalue weighted by molar-refractivity contribution is -0.142. The SMILES string of the molecule is COC(=O)C(Cc1ccc(F)cc1)NC(=O)c1ccc(OCc2cccc(OCc3ccccc3)c2)cc1. The van der Waals surface area contributed by atoms with Crippen LogP contribution in [0.25, 0.3) is 0 Å². The van der Waals surface area contributed by atoms with Crippen LogP contribution in [0.4, 0.5) is 4.39 Å². The van der Waals surface area contributed by atoms with E-state index in [1.165, 1.54) is 19.2 Å². The zero-order chi connectivity index (χ0) is 26.7. The van der Waals surface area contributed by atoms with Crippen molar-refractivity contribution in [1.82, 2.24) is 5.32 Å². The minimum absolute atomic E-state index is 0.175. The monoisotopic (exact) mass is 513 g/mol. The average molecular weight is 514 g/mol. The van der Waals surface area contributed by atoms with Crippen LogP contribution in [-0.2, 0) is 29.2 Å². The minimum Gasteiger partial charge on any atom is -0.489 e. The van der Waals surface area contributed by atoms with Gasteiger partial charge in [-0.1, -0.05) is 54.6 Å². The number of halogens is 1. The number of nitrogens with one attached hydrogen (secondary N) is 1. The Hall–Kier alpha value is -4.65. The number of methoxy groups -OCH3 is 1. The summed E-state index contributed by atoms with van der Waals surface area (Å²) >= 11 is 0. The summed E-state index contributed by atoms with van der Waals surface area (Å²) in [5.74, 6) is -0.0514. The van der Waals surface area contributed by atoms with E-state index in [9.17, 15) is 14.0 Å². The van der Waals surface area contributed by atoms with Gasteiger partial charge >= 0.3 is 5.97 Å². The Morgan fingerprint density at radius 1 is 0.737 bits per heavy atom. The second-order valence-corrected chi connectivity index (χ2v) is 8.61. The van der Waals surface area contributed by atoms with Crippen LogP contribution in [0.15, 0.2) is 103 Å². The molecule has 0 radical (unpaired) electrons. The van der Waals surface area contributed by atoms with Crippen LogP contribution in [0.3, 0.4) is 0 Å². The Morgan fingerprint density at radius 2 is 1.39 bits per heavy atom. The fourth-order valence-electron chi connectivity index (χ4n) is 3.77. The van der Waals surface area contributed by atoms with Crippen LogP contribution in [0, 0.1) is 5.82 Å². The van der Waals surface area contributed by atoms with Gasteiger partial charge in [0, 0.05) is 12.0 Å². The number of hydrogen-bond acceptors (Lipinski definition) is 5. The lowest BCUT2D eigenvalue weighted by Gasteiger charge is -2.17. The van der Waals surface area contributed by atoms with Gasteiger partial charge in [-0.2, -0.15) is 0 Å². The third-order valence-corrected chi connectivity index (χ3v) is 5.81. The summed E-state index contributed by atoms with van der Waals surface area (Å²) in [7, 11) is 1.25. The lowest BCUT2D eigenvalue weighted by Crippen LogP contribution is -2.43. The molecule has 0 spiro atoms. The van der Waals surface area contributed by atoms with Gasteiger partial charge in [0.2, 0.25) is 0 Å². The number of carbonyl (C=O) groups excluding carboxylic acids is 2. The third-order valence-electron chi connectivity index (χ3n) is 5.81. The molecule has 1 atom stereocenters. The molecule has 4 rings (SSSR count). The van der Waals surface area contributed by atoms with Crippen LogP contribution in [-0.4, -0.2) is 25.0 Å². The molecule has 1 amide bonds. The predicted octanol–water partition coefficient (Wildman–Crippen LogP) is 5.50. The Labute approximate surface area is 221 Å². The predicted molar refractivity (Wildman–Crippen MR) is 141 cm³/mol. The molecular formula is C31H28FNO5. The highest BCUT2D eigenvalue weighted by Crippen LogP contribution is 2.19. The summed E-state index contributed by atoms with van der Waals surface area (Å²) < 4.78 is 29.8. The van der Waals surface area contributed by atoms with E-state index in [-0.39, 0.29) is 12.2 Å². The number of carbonyl (C=O) groups is 2. The summed E-state index contributed by atoms with van der Waals surface area (Å²) in [5.41, 5.74) is 3.09. The first-order chi connectivity index (χ1) is 18.5. The first-order valence-corrected chi connectivity index (χ1v) is 12.1. The zero-order valence-corrected chi connectivity index (χ0v) is 20.9. The van der Waals surface area contributed by atoms with Crippen LogP contribution >= 0.6 is 0 Å². The maximum Gasteiger partial charge on any atom is 0.328 e. The fourth-order valence-corrected chi connectivity index (χ4v) is 3.77. The summed E-state index contributed by atoms with van der Waals surface area (Å²) in [6.45, 7) is 0.811. The van der Waals surface area contributed by atoms with Crippen LogP contribution in [0.1, 0.15) is 27.0 Å². The molecule has 0 aromatic heterocycles. The Morgan fingerprint density at radius 3 is 2.11 bits per heavy atom. The topological polar surface area (TPSA) is 73.9 Å². The summed E-state index contributed by atoms with van der Waals surface area (Å²) in [5, 5.41) is 2.69. The highest BCUT2D eigenvalue weighted by molar-refractivity contribution is 5.96. The van der Waals surface area contributed by atoms with E-state index in [4.69, 9.17) is 14.2 Å². The zero-order valence-electron chi connectivity index (χ0n) is 20.9.